The molecule has 0 aromatic rings. The van der Waals surface area contributed by atoms with E-state index in [9.17, 15) is 9.59 Å². The van der Waals surface area contributed by atoms with Crippen LogP contribution >= 0.6 is 11.8 Å². The largest absolute Gasteiger partial charge is 0.541 e. The Morgan fingerprint density at radius 2 is 1.52 bits per heavy atom. The maximum atomic E-state index is 12.4. The Bertz CT molecular complexity index is 518. The van der Waals surface area contributed by atoms with Crippen LogP contribution in [0.1, 0.15) is 40.5 Å². The van der Waals surface area contributed by atoms with E-state index in [1.165, 1.54) is 26.0 Å². The minimum Gasteiger partial charge on any atom is -0.541 e. The number of unbranched alkanes of at least 4 members (excludes halogenated alkanes) is 1. The first-order valence-corrected chi connectivity index (χ1v) is 12.3. The Morgan fingerprint density at radius 3 is 1.92 bits per heavy atom. The Morgan fingerprint density at radius 1 is 1.00 bits per heavy atom. The summed E-state index contributed by atoms with van der Waals surface area (Å²) < 4.78 is 15.8. The van der Waals surface area contributed by atoms with E-state index in [-0.39, 0.29) is 15.9 Å². The van der Waals surface area contributed by atoms with E-state index < -0.39 is 14.3 Å². The lowest BCUT2D eigenvalue weighted by molar-refractivity contribution is -0.139. The van der Waals surface area contributed by atoms with Crippen molar-refractivity contribution in [3.05, 3.63) is 23.7 Å². The van der Waals surface area contributed by atoms with Gasteiger partial charge >= 0.3 is 5.97 Å². The second-order valence-electron chi connectivity index (χ2n) is 6.99. The van der Waals surface area contributed by atoms with Crippen LogP contribution in [0.5, 0.6) is 0 Å². The van der Waals surface area contributed by atoms with E-state index in [0.29, 0.717) is 24.4 Å². The van der Waals surface area contributed by atoms with Crippen molar-refractivity contribution in [3.8, 4) is 0 Å². The molecule has 5 nitrogen and oxygen atoms in total. The van der Waals surface area contributed by atoms with E-state index in [4.69, 9.17) is 9.16 Å². The number of ether oxygens (including phenoxy) is 2. The first kappa shape index (κ1) is 23.8. The molecule has 0 aromatic heterocycles. The summed E-state index contributed by atoms with van der Waals surface area (Å²) in [4.78, 5) is 23.8. The highest BCUT2D eigenvalue weighted by Gasteiger charge is 2.40. The van der Waals surface area contributed by atoms with E-state index in [0.717, 1.165) is 0 Å². The Balaban J connectivity index is 5.18. The maximum absolute atomic E-state index is 12.4. The monoisotopic (exact) mass is 388 g/mol. The molecule has 0 radical (unpaired) electrons. The summed E-state index contributed by atoms with van der Waals surface area (Å²) in [7, 11) is 0.640. The predicted molar refractivity (Wildman–Crippen MR) is 106 cm³/mol. The molecule has 7 heteroatoms. The first-order chi connectivity index (χ1) is 11.5. The summed E-state index contributed by atoms with van der Waals surface area (Å²) in [5.41, 5.74) is 0. The molecule has 144 valence electrons. The number of carbonyl (C=O) groups is 2. The van der Waals surface area contributed by atoms with Gasteiger partial charge in [-0.05, 0) is 48.9 Å². The number of thioether (sulfide) groups is 1. The van der Waals surface area contributed by atoms with Crippen LogP contribution < -0.4 is 0 Å². The van der Waals surface area contributed by atoms with Gasteiger partial charge in [0.25, 0.3) is 13.4 Å². The third-order valence-electron chi connectivity index (χ3n) is 4.08. The molecule has 0 rings (SSSR count). The molecular formula is C18H32O5SSi. The van der Waals surface area contributed by atoms with Gasteiger partial charge in [0.15, 0.2) is 11.5 Å². The number of hydrogen-bond donors (Lipinski definition) is 0. The number of rotatable bonds is 9. The smallest absolute Gasteiger partial charge is 0.372 e. The zero-order valence-corrected chi connectivity index (χ0v) is 18.5. The summed E-state index contributed by atoms with van der Waals surface area (Å²) in [5, 5.41) is -0.0340. The maximum Gasteiger partial charge on any atom is 0.372 e. The fourth-order valence-electron chi connectivity index (χ4n) is 1.58. The molecule has 25 heavy (non-hydrogen) atoms. The van der Waals surface area contributed by atoms with Crippen molar-refractivity contribution in [2.45, 2.75) is 58.7 Å². The predicted octanol–water partition coefficient (Wildman–Crippen LogP) is 4.66. The van der Waals surface area contributed by atoms with Crippen LogP contribution in [-0.2, 0) is 23.5 Å². The van der Waals surface area contributed by atoms with Gasteiger partial charge in [-0.2, -0.15) is 0 Å². The van der Waals surface area contributed by atoms with Crippen molar-refractivity contribution < 1.29 is 23.5 Å². The summed E-state index contributed by atoms with van der Waals surface area (Å²) in [6, 6.07) is 0. The number of carbonyl (C=O) groups excluding carboxylic acids is 2. The fourth-order valence-corrected chi connectivity index (χ4v) is 3.21. The molecule has 0 fully saturated rings. The molecule has 0 unspecified atom stereocenters. The van der Waals surface area contributed by atoms with Crippen LogP contribution in [0.4, 0.5) is 0 Å². The SMILES string of the molecule is CCSC(=O)/C(=C\CC/C=C(\OC)C(=O)OC)O[Si](C)(C)C(C)(C)C. The topological polar surface area (TPSA) is 61.8 Å². The lowest BCUT2D eigenvalue weighted by Gasteiger charge is -2.36. The summed E-state index contributed by atoms with van der Waals surface area (Å²) in [6.45, 7) is 12.6. The minimum absolute atomic E-state index is 0.0112. The molecule has 0 spiro atoms. The van der Waals surface area contributed by atoms with Crippen molar-refractivity contribution in [3.63, 3.8) is 0 Å². The van der Waals surface area contributed by atoms with E-state index >= 15 is 0 Å². The highest BCUT2D eigenvalue weighted by atomic mass is 32.2. The Hall–Kier alpha value is -1.21. The van der Waals surface area contributed by atoms with Gasteiger partial charge in [-0.25, -0.2) is 4.79 Å². The highest BCUT2D eigenvalue weighted by Crippen LogP contribution is 2.38. The van der Waals surface area contributed by atoms with Crippen molar-refractivity contribution in [1.29, 1.82) is 0 Å². The average molecular weight is 389 g/mol. The molecule has 0 saturated carbocycles. The fraction of sp³-hybridized carbons (Fsp3) is 0.667. The normalized spacial score (nSPS) is 13.4. The van der Waals surface area contributed by atoms with Gasteiger partial charge in [0.1, 0.15) is 0 Å². The van der Waals surface area contributed by atoms with Gasteiger partial charge in [-0.15, -0.1) is 0 Å². The third kappa shape index (κ3) is 8.14. The zero-order valence-electron chi connectivity index (χ0n) is 16.7. The number of methoxy groups -OCH3 is 2. The first-order valence-electron chi connectivity index (χ1n) is 8.38. The summed E-state index contributed by atoms with van der Waals surface area (Å²) in [6.07, 6.45) is 4.59. The van der Waals surface area contributed by atoms with Crippen molar-refractivity contribution in [2.24, 2.45) is 0 Å². The van der Waals surface area contributed by atoms with Crippen LogP contribution in [0.25, 0.3) is 0 Å². The second kappa shape index (κ2) is 10.7. The molecule has 0 aliphatic rings. The second-order valence-corrected chi connectivity index (χ2v) is 13.0. The lowest BCUT2D eigenvalue weighted by atomic mass is 10.2. The van der Waals surface area contributed by atoms with Crippen molar-refractivity contribution in [2.75, 3.05) is 20.0 Å². The van der Waals surface area contributed by atoms with Crippen LogP contribution in [-0.4, -0.2) is 39.4 Å². The number of allylic oxidation sites excluding steroid dienone is 2. The van der Waals surface area contributed by atoms with Gasteiger partial charge in [0.2, 0.25) is 0 Å². The van der Waals surface area contributed by atoms with Crippen molar-refractivity contribution >= 4 is 31.2 Å². The van der Waals surface area contributed by atoms with Gasteiger partial charge in [-0.3, -0.25) is 4.79 Å². The molecular weight excluding hydrogens is 356 g/mol. The Kier molecular flexibility index (Phi) is 10.2. The minimum atomic E-state index is -2.09. The molecule has 0 aromatic carbocycles. The summed E-state index contributed by atoms with van der Waals surface area (Å²) in [5.74, 6) is 0.773. The lowest BCUT2D eigenvalue weighted by Crippen LogP contribution is -2.41. The molecule has 0 aliphatic heterocycles. The zero-order chi connectivity index (χ0) is 19.7. The van der Waals surface area contributed by atoms with E-state index in [1.807, 2.05) is 13.0 Å². The van der Waals surface area contributed by atoms with Gasteiger partial charge in [0.05, 0.1) is 14.2 Å². The van der Waals surface area contributed by atoms with E-state index in [1.54, 1.807) is 6.08 Å². The molecule has 0 aliphatic carbocycles. The average Bonchev–Trinajstić information content (AvgIpc) is 2.52. The Labute approximate surface area is 157 Å². The molecule has 0 atom stereocenters. The standard InChI is InChI=1S/C18H32O5SSi/c1-9-24-17(20)15(23-25(7,8)18(2,3)4)13-11-10-12-14(21-5)16(19)22-6/h12-13H,9-11H2,1-8H3/b14-12-,15-13+. The van der Waals surface area contributed by atoms with E-state index in [2.05, 4.69) is 38.6 Å². The molecule has 0 N–H and O–H groups in total. The van der Waals surface area contributed by atoms with Gasteiger partial charge < -0.3 is 13.9 Å². The number of hydrogen-bond acceptors (Lipinski definition) is 6. The van der Waals surface area contributed by atoms with Gasteiger partial charge in [0, 0.05) is 0 Å². The van der Waals surface area contributed by atoms with Crippen molar-refractivity contribution in [1.82, 2.24) is 0 Å². The molecule has 0 heterocycles. The van der Waals surface area contributed by atoms with Crippen LogP contribution in [0, 0.1) is 0 Å². The highest BCUT2D eigenvalue weighted by molar-refractivity contribution is 8.14. The molecule has 0 amide bonds. The number of esters is 1. The van der Waals surface area contributed by atoms with Gasteiger partial charge in [-0.1, -0.05) is 39.5 Å². The van der Waals surface area contributed by atoms with Crippen LogP contribution in [0.3, 0.4) is 0 Å². The molecule has 0 saturated heterocycles. The van der Waals surface area contributed by atoms with Crippen LogP contribution in [0.2, 0.25) is 18.1 Å². The molecule has 0 bridgehead atoms. The quantitative estimate of drug-likeness (QED) is 0.188. The van der Waals surface area contributed by atoms with Crippen LogP contribution in [0.15, 0.2) is 23.7 Å². The summed E-state index contributed by atoms with van der Waals surface area (Å²) >= 11 is 1.24. The third-order valence-corrected chi connectivity index (χ3v) is 9.18.